The standard InChI is InChI=1S/C12H15N3O/c1-14(2)12(10-6-4-3-5-7-10)15-11(16)8-9-13-15/h3-7,9,12H,8H2,1-2H3. The van der Waals surface area contributed by atoms with Crippen molar-refractivity contribution in [3.8, 4) is 0 Å². The summed E-state index contributed by atoms with van der Waals surface area (Å²) in [5.74, 6) is 0.0440. The molecule has 1 aliphatic heterocycles. The summed E-state index contributed by atoms with van der Waals surface area (Å²) in [6.07, 6.45) is 1.94. The fraction of sp³-hybridized carbons (Fsp3) is 0.333. The fourth-order valence-corrected chi connectivity index (χ4v) is 1.85. The van der Waals surface area contributed by atoms with Gasteiger partial charge in [0.15, 0.2) is 0 Å². The molecular formula is C12H15N3O. The highest BCUT2D eigenvalue weighted by molar-refractivity contribution is 5.94. The Morgan fingerprint density at radius 3 is 2.50 bits per heavy atom. The number of hydrazone groups is 1. The van der Waals surface area contributed by atoms with E-state index in [1.54, 1.807) is 6.21 Å². The van der Waals surface area contributed by atoms with E-state index in [9.17, 15) is 4.79 Å². The van der Waals surface area contributed by atoms with Crippen LogP contribution >= 0.6 is 0 Å². The fourth-order valence-electron chi connectivity index (χ4n) is 1.85. The van der Waals surface area contributed by atoms with Gasteiger partial charge in [-0.15, -0.1) is 0 Å². The molecule has 1 aromatic rings. The molecule has 2 rings (SSSR count). The van der Waals surface area contributed by atoms with Crippen LogP contribution in [0.2, 0.25) is 0 Å². The van der Waals surface area contributed by atoms with Crippen molar-refractivity contribution >= 4 is 12.1 Å². The lowest BCUT2D eigenvalue weighted by Gasteiger charge is -2.30. The van der Waals surface area contributed by atoms with Gasteiger partial charge in [-0.1, -0.05) is 30.3 Å². The molecule has 1 amide bonds. The van der Waals surface area contributed by atoms with E-state index in [1.165, 1.54) is 5.01 Å². The molecule has 0 saturated carbocycles. The minimum absolute atomic E-state index is 0.0440. The van der Waals surface area contributed by atoms with E-state index in [1.807, 2.05) is 49.3 Å². The maximum absolute atomic E-state index is 11.7. The van der Waals surface area contributed by atoms with Crippen LogP contribution in [-0.2, 0) is 4.79 Å². The van der Waals surface area contributed by atoms with E-state index < -0.39 is 0 Å². The molecule has 0 bridgehead atoms. The molecule has 1 aromatic carbocycles. The van der Waals surface area contributed by atoms with Crippen LogP contribution in [0.5, 0.6) is 0 Å². The van der Waals surface area contributed by atoms with E-state index in [2.05, 4.69) is 5.10 Å². The van der Waals surface area contributed by atoms with Crippen LogP contribution < -0.4 is 0 Å². The summed E-state index contributed by atoms with van der Waals surface area (Å²) in [5, 5.41) is 5.67. The quantitative estimate of drug-likeness (QED) is 0.768. The monoisotopic (exact) mass is 217 g/mol. The molecule has 4 nitrogen and oxygen atoms in total. The molecule has 4 heteroatoms. The zero-order chi connectivity index (χ0) is 11.5. The highest BCUT2D eigenvalue weighted by atomic mass is 16.2. The zero-order valence-corrected chi connectivity index (χ0v) is 9.50. The normalized spacial score (nSPS) is 17.2. The number of amides is 1. The predicted octanol–water partition coefficient (Wildman–Crippen LogP) is 1.46. The minimum Gasteiger partial charge on any atom is -0.284 e. The Morgan fingerprint density at radius 1 is 1.31 bits per heavy atom. The lowest BCUT2D eigenvalue weighted by molar-refractivity contribution is -0.134. The second-order valence-electron chi connectivity index (χ2n) is 3.99. The first kappa shape index (κ1) is 10.8. The molecule has 1 heterocycles. The molecule has 0 N–H and O–H groups in total. The van der Waals surface area contributed by atoms with Crippen LogP contribution in [0, 0.1) is 0 Å². The van der Waals surface area contributed by atoms with Crippen molar-refractivity contribution in [2.45, 2.75) is 12.6 Å². The van der Waals surface area contributed by atoms with Crippen LogP contribution in [0.4, 0.5) is 0 Å². The van der Waals surface area contributed by atoms with Crippen LogP contribution in [0.3, 0.4) is 0 Å². The summed E-state index contributed by atoms with van der Waals surface area (Å²) < 4.78 is 0. The average Bonchev–Trinajstić information content (AvgIpc) is 2.66. The third kappa shape index (κ3) is 1.97. The first-order valence-corrected chi connectivity index (χ1v) is 5.26. The molecule has 0 spiro atoms. The van der Waals surface area contributed by atoms with E-state index in [-0.39, 0.29) is 12.1 Å². The zero-order valence-electron chi connectivity index (χ0n) is 9.50. The average molecular weight is 217 g/mol. The number of carbonyl (C=O) groups excluding carboxylic acids is 1. The molecular weight excluding hydrogens is 202 g/mol. The molecule has 1 atom stereocenters. The minimum atomic E-state index is -0.118. The van der Waals surface area contributed by atoms with Crippen molar-refractivity contribution in [2.75, 3.05) is 14.1 Å². The Kier molecular flexibility index (Phi) is 3.01. The van der Waals surface area contributed by atoms with Gasteiger partial charge in [-0.25, -0.2) is 5.01 Å². The van der Waals surface area contributed by atoms with Gasteiger partial charge >= 0.3 is 0 Å². The van der Waals surface area contributed by atoms with Crippen molar-refractivity contribution in [1.82, 2.24) is 9.91 Å². The number of hydrogen-bond donors (Lipinski definition) is 0. The summed E-state index contributed by atoms with van der Waals surface area (Å²) >= 11 is 0. The first-order valence-electron chi connectivity index (χ1n) is 5.26. The summed E-state index contributed by atoms with van der Waals surface area (Å²) in [6.45, 7) is 0. The summed E-state index contributed by atoms with van der Waals surface area (Å²) in [7, 11) is 3.89. The Labute approximate surface area is 95.2 Å². The van der Waals surface area contributed by atoms with Crippen molar-refractivity contribution in [3.63, 3.8) is 0 Å². The van der Waals surface area contributed by atoms with Gasteiger partial charge < -0.3 is 0 Å². The summed E-state index contributed by atoms with van der Waals surface area (Å²) in [6, 6.07) is 9.91. The van der Waals surface area contributed by atoms with Crippen LogP contribution in [0.25, 0.3) is 0 Å². The van der Waals surface area contributed by atoms with Crippen molar-refractivity contribution < 1.29 is 4.79 Å². The Balaban J connectivity index is 2.31. The third-order valence-corrected chi connectivity index (χ3v) is 2.55. The van der Waals surface area contributed by atoms with Gasteiger partial charge in [0.1, 0.15) is 6.17 Å². The van der Waals surface area contributed by atoms with E-state index in [0.717, 1.165) is 5.56 Å². The van der Waals surface area contributed by atoms with E-state index in [0.29, 0.717) is 6.42 Å². The van der Waals surface area contributed by atoms with Gasteiger partial charge in [-0.3, -0.25) is 9.69 Å². The maximum atomic E-state index is 11.7. The molecule has 16 heavy (non-hydrogen) atoms. The lowest BCUT2D eigenvalue weighted by atomic mass is 10.1. The van der Waals surface area contributed by atoms with E-state index >= 15 is 0 Å². The SMILES string of the molecule is CN(C)C(c1ccccc1)N1N=CCC1=O. The number of rotatable bonds is 3. The predicted molar refractivity (Wildman–Crippen MR) is 62.8 cm³/mol. The molecule has 84 valence electrons. The highest BCUT2D eigenvalue weighted by Gasteiger charge is 2.28. The molecule has 0 fully saturated rings. The smallest absolute Gasteiger partial charge is 0.249 e. The number of hydrogen-bond acceptors (Lipinski definition) is 3. The van der Waals surface area contributed by atoms with Gasteiger partial charge in [0.05, 0.1) is 6.42 Å². The Bertz CT molecular complexity index is 400. The molecule has 0 aromatic heterocycles. The molecule has 1 aliphatic rings. The summed E-state index contributed by atoms with van der Waals surface area (Å²) in [4.78, 5) is 13.6. The largest absolute Gasteiger partial charge is 0.284 e. The topological polar surface area (TPSA) is 35.9 Å². The van der Waals surface area contributed by atoms with Gasteiger partial charge in [0, 0.05) is 6.21 Å². The van der Waals surface area contributed by atoms with Gasteiger partial charge in [-0.05, 0) is 19.7 Å². The van der Waals surface area contributed by atoms with Crippen molar-refractivity contribution in [3.05, 3.63) is 35.9 Å². The van der Waals surface area contributed by atoms with Crippen LogP contribution in [0.15, 0.2) is 35.4 Å². The Morgan fingerprint density at radius 2 is 2.00 bits per heavy atom. The molecule has 0 radical (unpaired) electrons. The number of nitrogens with zero attached hydrogens (tertiary/aromatic N) is 3. The van der Waals surface area contributed by atoms with E-state index in [4.69, 9.17) is 0 Å². The second-order valence-corrected chi connectivity index (χ2v) is 3.99. The molecule has 0 aliphatic carbocycles. The van der Waals surface area contributed by atoms with Crippen molar-refractivity contribution in [2.24, 2.45) is 5.10 Å². The third-order valence-electron chi connectivity index (χ3n) is 2.55. The van der Waals surface area contributed by atoms with Crippen LogP contribution in [0.1, 0.15) is 18.2 Å². The Hall–Kier alpha value is -1.68. The lowest BCUT2D eigenvalue weighted by Crippen LogP contribution is -2.36. The van der Waals surface area contributed by atoms with Crippen molar-refractivity contribution in [1.29, 1.82) is 0 Å². The maximum Gasteiger partial charge on any atom is 0.249 e. The summed E-state index contributed by atoms with van der Waals surface area (Å²) in [5.41, 5.74) is 1.07. The first-order chi connectivity index (χ1) is 7.70. The number of carbonyl (C=O) groups is 1. The number of benzene rings is 1. The van der Waals surface area contributed by atoms with Crippen LogP contribution in [-0.4, -0.2) is 36.1 Å². The molecule has 1 unspecified atom stereocenters. The second kappa shape index (κ2) is 4.45. The van der Waals surface area contributed by atoms with Gasteiger partial charge in [-0.2, -0.15) is 5.10 Å². The van der Waals surface area contributed by atoms with Gasteiger partial charge in [0.25, 0.3) is 0 Å². The highest BCUT2D eigenvalue weighted by Crippen LogP contribution is 2.25. The molecule has 0 saturated heterocycles. The van der Waals surface area contributed by atoms with Gasteiger partial charge in [0.2, 0.25) is 5.91 Å².